The smallest absolute Gasteiger partial charge is 0.320 e. The number of nitrogens with zero attached hydrogens (tertiary/aromatic N) is 1. The van der Waals surface area contributed by atoms with Crippen molar-refractivity contribution in [2.24, 2.45) is 5.73 Å². The fourth-order valence-electron chi connectivity index (χ4n) is 1.04. The second-order valence-corrected chi connectivity index (χ2v) is 2.95. The minimum absolute atomic E-state index is 0.0354. The lowest BCUT2D eigenvalue weighted by atomic mass is 10.1. The van der Waals surface area contributed by atoms with Crippen LogP contribution in [0.1, 0.15) is 18.2 Å². The van der Waals surface area contributed by atoms with Crippen LogP contribution in [0.3, 0.4) is 0 Å². The van der Waals surface area contributed by atoms with Crippen molar-refractivity contribution >= 4 is 5.97 Å². The number of carboxylic acids is 1. The first-order valence-corrected chi connectivity index (χ1v) is 4.18. The van der Waals surface area contributed by atoms with Crippen molar-refractivity contribution in [1.29, 1.82) is 0 Å². The molecule has 4 N–H and O–H groups in total. The van der Waals surface area contributed by atoms with Gasteiger partial charge in [0.25, 0.3) is 0 Å². The van der Waals surface area contributed by atoms with Gasteiger partial charge in [0, 0.05) is 12.6 Å². The van der Waals surface area contributed by atoms with E-state index >= 15 is 0 Å². The van der Waals surface area contributed by atoms with Crippen molar-refractivity contribution in [2.45, 2.75) is 18.6 Å². The molecule has 0 saturated heterocycles. The van der Waals surface area contributed by atoms with Crippen LogP contribution in [-0.2, 0) is 4.79 Å². The number of carboxylic acid groups (broad SMARTS) is 1. The predicted molar refractivity (Wildman–Crippen MR) is 49.4 cm³/mol. The summed E-state index contributed by atoms with van der Waals surface area (Å²) in [4.78, 5) is 14.3. The van der Waals surface area contributed by atoms with Crippen molar-refractivity contribution < 1.29 is 15.0 Å². The van der Waals surface area contributed by atoms with Gasteiger partial charge in [-0.25, -0.2) is 0 Å². The minimum Gasteiger partial charge on any atom is -0.480 e. The fraction of sp³-hybridized carbons (Fsp3) is 0.333. The number of aliphatic hydroxyl groups excluding tert-OH is 1. The highest BCUT2D eigenvalue weighted by Gasteiger charge is 2.18. The molecule has 1 aromatic rings. The number of rotatable bonds is 4. The normalized spacial score (nSPS) is 14.7. The summed E-state index contributed by atoms with van der Waals surface area (Å²) < 4.78 is 0. The molecule has 0 spiro atoms. The number of carbonyl (C=O) groups is 1. The Balaban J connectivity index is 2.59. The summed E-state index contributed by atoms with van der Waals surface area (Å²) in [5.41, 5.74) is 5.70. The van der Waals surface area contributed by atoms with Crippen LogP contribution in [0, 0.1) is 0 Å². The lowest BCUT2D eigenvalue weighted by Gasteiger charge is -2.12. The first-order chi connectivity index (χ1) is 6.61. The summed E-state index contributed by atoms with van der Waals surface area (Å²) in [6, 6.07) is 4.00. The van der Waals surface area contributed by atoms with E-state index in [0.717, 1.165) is 0 Å². The molecule has 0 aromatic carbocycles. The molecule has 0 fully saturated rings. The van der Waals surface area contributed by atoms with Gasteiger partial charge >= 0.3 is 5.97 Å². The molecule has 0 bridgehead atoms. The Labute approximate surface area is 81.2 Å². The number of hydrogen-bond donors (Lipinski definition) is 3. The Morgan fingerprint density at radius 1 is 1.57 bits per heavy atom. The van der Waals surface area contributed by atoms with Crippen LogP contribution in [0.5, 0.6) is 0 Å². The highest BCUT2D eigenvalue weighted by atomic mass is 16.4. The number of aliphatic hydroxyl groups is 1. The Morgan fingerprint density at radius 2 is 2.29 bits per heavy atom. The van der Waals surface area contributed by atoms with E-state index in [4.69, 9.17) is 10.8 Å². The van der Waals surface area contributed by atoms with Gasteiger partial charge < -0.3 is 15.9 Å². The van der Waals surface area contributed by atoms with Gasteiger partial charge in [-0.2, -0.15) is 0 Å². The summed E-state index contributed by atoms with van der Waals surface area (Å²) in [5, 5.41) is 18.1. The number of aromatic nitrogens is 1. The molecule has 1 aromatic heterocycles. The average molecular weight is 196 g/mol. The van der Waals surface area contributed by atoms with Gasteiger partial charge in [-0.05, 0) is 12.1 Å². The number of hydrogen-bond acceptors (Lipinski definition) is 4. The lowest BCUT2D eigenvalue weighted by molar-refractivity contribution is -0.139. The van der Waals surface area contributed by atoms with Gasteiger partial charge in [-0.3, -0.25) is 9.78 Å². The summed E-state index contributed by atoms with van der Waals surface area (Å²) in [6.45, 7) is 0. The molecule has 5 heteroatoms. The van der Waals surface area contributed by atoms with Crippen molar-refractivity contribution in [2.75, 3.05) is 0 Å². The van der Waals surface area contributed by atoms with Crippen LogP contribution in [-0.4, -0.2) is 27.2 Å². The van der Waals surface area contributed by atoms with Crippen LogP contribution in [0.4, 0.5) is 0 Å². The summed E-state index contributed by atoms with van der Waals surface area (Å²) in [5.74, 6) is -1.13. The van der Waals surface area contributed by atoms with E-state index in [1.54, 1.807) is 18.2 Å². The first-order valence-electron chi connectivity index (χ1n) is 4.18. The van der Waals surface area contributed by atoms with Gasteiger partial charge in [0.1, 0.15) is 6.04 Å². The maximum absolute atomic E-state index is 10.4. The third-order valence-corrected chi connectivity index (χ3v) is 1.82. The molecule has 1 heterocycles. The second kappa shape index (κ2) is 4.69. The van der Waals surface area contributed by atoms with Crippen LogP contribution in [0.2, 0.25) is 0 Å². The maximum Gasteiger partial charge on any atom is 0.320 e. The summed E-state index contributed by atoms with van der Waals surface area (Å²) >= 11 is 0. The standard InChI is InChI=1S/C9H12N2O3/c10-6(9(13)14)5-8(12)7-3-1-2-4-11-7/h1-4,6,8,12H,5,10H2,(H,13,14)/t6-,8-/m0/s1. The van der Waals surface area contributed by atoms with E-state index in [9.17, 15) is 9.90 Å². The van der Waals surface area contributed by atoms with E-state index < -0.39 is 18.1 Å². The highest BCUT2D eigenvalue weighted by Crippen LogP contribution is 2.14. The van der Waals surface area contributed by atoms with E-state index in [1.807, 2.05) is 0 Å². The summed E-state index contributed by atoms with van der Waals surface area (Å²) in [6.07, 6.45) is 0.569. The van der Waals surface area contributed by atoms with Gasteiger partial charge in [0.05, 0.1) is 11.8 Å². The van der Waals surface area contributed by atoms with Crippen LogP contribution < -0.4 is 5.73 Å². The fourth-order valence-corrected chi connectivity index (χ4v) is 1.04. The number of nitrogens with two attached hydrogens (primary N) is 1. The third kappa shape index (κ3) is 2.79. The van der Waals surface area contributed by atoms with Gasteiger partial charge in [0.15, 0.2) is 0 Å². The molecule has 5 nitrogen and oxygen atoms in total. The Kier molecular flexibility index (Phi) is 3.55. The van der Waals surface area contributed by atoms with Gasteiger partial charge in [-0.1, -0.05) is 6.07 Å². The van der Waals surface area contributed by atoms with Crippen molar-refractivity contribution in [1.82, 2.24) is 4.98 Å². The molecule has 0 unspecified atom stereocenters. The Bertz CT molecular complexity index is 302. The van der Waals surface area contributed by atoms with E-state index in [0.29, 0.717) is 5.69 Å². The third-order valence-electron chi connectivity index (χ3n) is 1.82. The SMILES string of the molecule is N[C@@H](C[C@H](O)c1ccccn1)C(=O)O. The summed E-state index contributed by atoms with van der Waals surface area (Å²) in [7, 11) is 0. The molecule has 0 aliphatic rings. The zero-order valence-corrected chi connectivity index (χ0v) is 7.50. The van der Waals surface area contributed by atoms with E-state index in [-0.39, 0.29) is 6.42 Å². The first kappa shape index (κ1) is 10.6. The van der Waals surface area contributed by atoms with Crippen molar-refractivity contribution in [3.8, 4) is 0 Å². The number of aliphatic carboxylic acids is 1. The monoisotopic (exact) mass is 196 g/mol. The largest absolute Gasteiger partial charge is 0.480 e. The van der Waals surface area contributed by atoms with Crippen LogP contribution >= 0.6 is 0 Å². The zero-order valence-electron chi connectivity index (χ0n) is 7.50. The molecular formula is C9H12N2O3. The molecule has 2 atom stereocenters. The van der Waals surface area contributed by atoms with Crippen molar-refractivity contribution in [3.63, 3.8) is 0 Å². The van der Waals surface area contributed by atoms with E-state index in [1.165, 1.54) is 6.20 Å². The van der Waals surface area contributed by atoms with Crippen molar-refractivity contribution in [3.05, 3.63) is 30.1 Å². The topological polar surface area (TPSA) is 96.4 Å². The molecule has 0 saturated carbocycles. The maximum atomic E-state index is 10.4. The highest BCUT2D eigenvalue weighted by molar-refractivity contribution is 5.73. The van der Waals surface area contributed by atoms with Gasteiger partial charge in [0.2, 0.25) is 0 Å². The average Bonchev–Trinajstić information content (AvgIpc) is 2.19. The Morgan fingerprint density at radius 3 is 2.79 bits per heavy atom. The molecule has 0 radical (unpaired) electrons. The number of pyridine rings is 1. The molecule has 0 aliphatic heterocycles. The molecule has 76 valence electrons. The van der Waals surface area contributed by atoms with E-state index in [2.05, 4.69) is 4.98 Å². The second-order valence-electron chi connectivity index (χ2n) is 2.95. The quantitative estimate of drug-likeness (QED) is 0.625. The van der Waals surface area contributed by atoms with Gasteiger partial charge in [-0.15, -0.1) is 0 Å². The predicted octanol–water partition coefficient (Wildman–Crippen LogP) is -0.0830. The Hall–Kier alpha value is -1.46. The molecular weight excluding hydrogens is 184 g/mol. The molecule has 0 aliphatic carbocycles. The molecule has 14 heavy (non-hydrogen) atoms. The van der Waals surface area contributed by atoms with Crippen LogP contribution in [0.25, 0.3) is 0 Å². The van der Waals surface area contributed by atoms with Crippen LogP contribution in [0.15, 0.2) is 24.4 Å². The minimum atomic E-state index is -1.13. The molecule has 0 amide bonds. The lowest BCUT2D eigenvalue weighted by Crippen LogP contribution is -2.32. The molecule has 1 rings (SSSR count). The zero-order chi connectivity index (χ0) is 10.6.